The van der Waals surface area contributed by atoms with Crippen LogP contribution < -0.4 is 0 Å². The number of benzene rings is 7. The molecule has 0 fully saturated rings. The van der Waals surface area contributed by atoms with Crippen molar-refractivity contribution < 1.29 is 0 Å². The molecular weight excluding hydrogens is 527 g/mol. The molecule has 1 nitrogen and oxygen atoms in total. The highest BCUT2D eigenvalue weighted by atomic mass is 32.1. The molecule has 0 bridgehead atoms. The van der Waals surface area contributed by atoms with E-state index >= 15 is 0 Å². The molecule has 196 valence electrons. The molecule has 0 atom stereocenters. The Morgan fingerprint density at radius 3 is 1.62 bits per heavy atom. The summed E-state index contributed by atoms with van der Waals surface area (Å²) in [5.41, 5.74) is 7.56. The second-order valence-electron chi connectivity index (χ2n) is 10.9. The maximum absolute atomic E-state index is 2.46. The van der Waals surface area contributed by atoms with Crippen molar-refractivity contribution >= 4 is 64.1 Å². The number of rotatable bonds is 3. The smallest absolute Gasteiger partial charge is 0.109 e. The molecule has 0 aliphatic heterocycles. The Hall–Kier alpha value is -5.18. The van der Waals surface area contributed by atoms with Crippen LogP contribution in [0.25, 0.3) is 80.7 Å². The normalized spacial score (nSPS) is 11.8. The van der Waals surface area contributed by atoms with Crippen molar-refractivity contribution in [1.29, 1.82) is 0 Å². The Balaban J connectivity index is 1.51. The summed E-state index contributed by atoms with van der Waals surface area (Å²) in [5.74, 6) is 0. The van der Waals surface area contributed by atoms with Gasteiger partial charge in [0.05, 0.1) is 5.52 Å². The average molecular weight is 552 g/mol. The second kappa shape index (κ2) is 9.17. The summed E-state index contributed by atoms with van der Waals surface area (Å²) in [6, 6.07) is 55.2. The van der Waals surface area contributed by atoms with E-state index in [1.54, 1.807) is 0 Å². The molecule has 0 unspecified atom stereocenters. The van der Waals surface area contributed by atoms with E-state index in [0.29, 0.717) is 0 Å². The number of hydrogen-bond acceptors (Lipinski definition) is 1. The Kier molecular flexibility index (Phi) is 5.13. The van der Waals surface area contributed by atoms with Crippen molar-refractivity contribution in [3.8, 4) is 27.9 Å². The van der Waals surface area contributed by atoms with Crippen LogP contribution in [0.5, 0.6) is 0 Å². The molecule has 2 heteroatoms. The van der Waals surface area contributed by atoms with E-state index in [-0.39, 0.29) is 0 Å². The second-order valence-corrected chi connectivity index (χ2v) is 11.9. The summed E-state index contributed by atoms with van der Waals surface area (Å²) >= 11 is 1.88. The first-order chi connectivity index (χ1) is 20.9. The molecule has 0 aliphatic rings. The van der Waals surface area contributed by atoms with Gasteiger partial charge in [-0.3, -0.25) is 0 Å². The fraction of sp³-hybridized carbons (Fsp3) is 0. The van der Waals surface area contributed by atoms with Crippen LogP contribution in [0.3, 0.4) is 0 Å². The van der Waals surface area contributed by atoms with Crippen molar-refractivity contribution in [3.05, 3.63) is 152 Å². The Bertz CT molecular complexity index is 2390. The minimum absolute atomic E-state index is 1.19. The SMILES string of the molecule is c1ccc(-c2c3ccccc3c(-c3cccc4c3c3c5ccccc5sc3n4-c3ccccc3)c3ccccc23)cc1. The van der Waals surface area contributed by atoms with Gasteiger partial charge in [-0.15, -0.1) is 11.3 Å². The zero-order valence-corrected chi connectivity index (χ0v) is 23.6. The van der Waals surface area contributed by atoms with E-state index in [2.05, 4.69) is 156 Å². The highest BCUT2D eigenvalue weighted by Crippen LogP contribution is 2.49. The van der Waals surface area contributed by atoms with E-state index < -0.39 is 0 Å². The molecular formula is C40H25NS. The number of nitrogens with zero attached hydrogens (tertiary/aromatic N) is 1. The molecule has 0 saturated heterocycles. The lowest BCUT2D eigenvalue weighted by Gasteiger charge is -2.18. The van der Waals surface area contributed by atoms with Crippen molar-refractivity contribution in [2.24, 2.45) is 0 Å². The Morgan fingerprint density at radius 1 is 0.405 bits per heavy atom. The fourth-order valence-electron chi connectivity index (χ4n) is 6.91. The highest BCUT2D eigenvalue weighted by Gasteiger charge is 2.23. The first-order valence-corrected chi connectivity index (χ1v) is 15.2. The summed E-state index contributed by atoms with van der Waals surface area (Å²) in [6.07, 6.45) is 0. The minimum Gasteiger partial charge on any atom is -0.301 e. The molecule has 0 spiro atoms. The fourth-order valence-corrected chi connectivity index (χ4v) is 8.15. The van der Waals surface area contributed by atoms with Crippen LogP contribution in [-0.4, -0.2) is 4.57 Å². The van der Waals surface area contributed by atoms with Gasteiger partial charge in [-0.05, 0) is 68.1 Å². The van der Waals surface area contributed by atoms with Gasteiger partial charge in [0, 0.05) is 26.5 Å². The summed E-state index contributed by atoms with van der Waals surface area (Å²) in [6.45, 7) is 0. The van der Waals surface area contributed by atoms with Crippen LogP contribution in [0.15, 0.2) is 152 Å². The molecule has 9 rings (SSSR count). The maximum atomic E-state index is 2.46. The van der Waals surface area contributed by atoms with Gasteiger partial charge >= 0.3 is 0 Å². The van der Waals surface area contributed by atoms with Crippen LogP contribution in [-0.2, 0) is 0 Å². The predicted octanol–water partition coefficient (Wildman–Crippen LogP) is 11.6. The predicted molar refractivity (Wildman–Crippen MR) is 182 cm³/mol. The van der Waals surface area contributed by atoms with E-state index in [9.17, 15) is 0 Å². The number of thiophene rings is 1. The van der Waals surface area contributed by atoms with E-state index in [1.165, 1.54) is 80.7 Å². The van der Waals surface area contributed by atoms with Gasteiger partial charge in [0.25, 0.3) is 0 Å². The van der Waals surface area contributed by atoms with Crippen LogP contribution in [0.4, 0.5) is 0 Å². The average Bonchev–Trinajstić information content (AvgIpc) is 3.59. The van der Waals surface area contributed by atoms with Crippen LogP contribution in [0, 0.1) is 0 Å². The first kappa shape index (κ1) is 23.5. The molecule has 42 heavy (non-hydrogen) atoms. The van der Waals surface area contributed by atoms with Gasteiger partial charge in [0.15, 0.2) is 0 Å². The van der Waals surface area contributed by atoms with Crippen molar-refractivity contribution in [2.45, 2.75) is 0 Å². The topological polar surface area (TPSA) is 4.93 Å². The molecule has 7 aromatic carbocycles. The van der Waals surface area contributed by atoms with E-state index in [4.69, 9.17) is 0 Å². The van der Waals surface area contributed by atoms with Gasteiger partial charge in [0.2, 0.25) is 0 Å². The van der Waals surface area contributed by atoms with Gasteiger partial charge in [-0.1, -0.05) is 127 Å². The third kappa shape index (κ3) is 3.30. The Labute approximate surface area is 247 Å². The molecule has 2 heterocycles. The zero-order valence-electron chi connectivity index (χ0n) is 22.8. The number of fused-ring (bicyclic) bond motifs is 7. The molecule has 2 aromatic heterocycles. The molecule has 0 amide bonds. The van der Waals surface area contributed by atoms with E-state index in [0.717, 1.165) is 0 Å². The lowest BCUT2D eigenvalue weighted by molar-refractivity contribution is 1.19. The number of hydrogen-bond donors (Lipinski definition) is 0. The van der Waals surface area contributed by atoms with Crippen LogP contribution in [0.2, 0.25) is 0 Å². The maximum Gasteiger partial charge on any atom is 0.109 e. The lowest BCUT2D eigenvalue weighted by Crippen LogP contribution is -1.93. The van der Waals surface area contributed by atoms with Gasteiger partial charge in [-0.2, -0.15) is 0 Å². The first-order valence-electron chi connectivity index (χ1n) is 14.4. The molecule has 9 aromatic rings. The molecule has 0 N–H and O–H groups in total. The highest BCUT2D eigenvalue weighted by molar-refractivity contribution is 7.25. The lowest BCUT2D eigenvalue weighted by atomic mass is 9.85. The van der Waals surface area contributed by atoms with Crippen molar-refractivity contribution in [2.75, 3.05) is 0 Å². The van der Waals surface area contributed by atoms with Gasteiger partial charge in [-0.25, -0.2) is 0 Å². The van der Waals surface area contributed by atoms with Crippen LogP contribution in [0.1, 0.15) is 0 Å². The largest absolute Gasteiger partial charge is 0.301 e. The van der Waals surface area contributed by atoms with Gasteiger partial charge in [0.1, 0.15) is 4.83 Å². The molecule has 0 aliphatic carbocycles. The van der Waals surface area contributed by atoms with Crippen molar-refractivity contribution in [1.82, 2.24) is 4.57 Å². The van der Waals surface area contributed by atoms with Crippen molar-refractivity contribution in [3.63, 3.8) is 0 Å². The minimum atomic E-state index is 1.19. The summed E-state index contributed by atoms with van der Waals surface area (Å²) < 4.78 is 3.78. The molecule has 0 radical (unpaired) electrons. The van der Waals surface area contributed by atoms with Crippen LogP contribution >= 0.6 is 11.3 Å². The Morgan fingerprint density at radius 2 is 0.952 bits per heavy atom. The van der Waals surface area contributed by atoms with E-state index in [1.807, 2.05) is 11.3 Å². The third-order valence-corrected chi connectivity index (χ3v) is 9.75. The number of aromatic nitrogens is 1. The quantitative estimate of drug-likeness (QED) is 0.192. The molecule has 0 saturated carbocycles. The van der Waals surface area contributed by atoms with Gasteiger partial charge < -0.3 is 4.57 Å². The standard InChI is InChI=1S/C40H25NS/c1-3-14-26(15-4-1)36-28-18-7-9-20-30(28)37(31-21-10-8-19-29(31)36)33-23-13-24-34-38(33)39-32-22-11-12-25-35(32)42-40(39)41(34)27-16-5-2-6-17-27/h1-25H. The summed E-state index contributed by atoms with van der Waals surface area (Å²) in [5, 5.41) is 9.10. The third-order valence-electron chi connectivity index (χ3n) is 8.59. The monoisotopic (exact) mass is 551 g/mol. The number of para-hydroxylation sites is 1. The zero-order chi connectivity index (χ0) is 27.6. The summed E-state index contributed by atoms with van der Waals surface area (Å²) in [4.78, 5) is 1.29. The summed E-state index contributed by atoms with van der Waals surface area (Å²) in [7, 11) is 0.